The first-order valence-electron chi connectivity index (χ1n) is 5.49. The van der Waals surface area contributed by atoms with Gasteiger partial charge in [0.05, 0.1) is 17.1 Å². The number of nitrogen functional groups attached to an aromatic ring is 1. The van der Waals surface area contributed by atoms with Gasteiger partial charge in [-0.3, -0.25) is 4.79 Å². The number of nitrogens with one attached hydrogen (secondary N) is 1. The van der Waals surface area contributed by atoms with Gasteiger partial charge in [0, 0.05) is 17.9 Å². The molecule has 0 aliphatic heterocycles. The van der Waals surface area contributed by atoms with Crippen LogP contribution in [-0.4, -0.2) is 32.4 Å². The predicted octanol–water partition coefficient (Wildman–Crippen LogP) is 0.214. The number of hydrogen-bond donors (Lipinski definition) is 3. The summed E-state index contributed by atoms with van der Waals surface area (Å²) in [6, 6.07) is 4.58. The van der Waals surface area contributed by atoms with Gasteiger partial charge in [0.1, 0.15) is 0 Å². The van der Waals surface area contributed by atoms with Gasteiger partial charge in [-0.25, -0.2) is 8.42 Å². The van der Waals surface area contributed by atoms with Crippen LogP contribution in [0.2, 0.25) is 0 Å². The molecule has 7 heteroatoms. The number of carbonyl (C=O) groups excluding carboxylic acids is 1. The lowest BCUT2D eigenvalue weighted by atomic mass is 10.1. The summed E-state index contributed by atoms with van der Waals surface area (Å²) in [7, 11) is -3.02. The number of sulfone groups is 1. The van der Waals surface area contributed by atoms with Gasteiger partial charge < -0.3 is 16.8 Å². The Hall–Kier alpha value is -1.76. The van der Waals surface area contributed by atoms with Gasteiger partial charge in [0.15, 0.2) is 9.84 Å². The Balaban J connectivity index is 2.73. The van der Waals surface area contributed by atoms with Gasteiger partial charge >= 0.3 is 0 Å². The molecule has 0 aromatic heterocycles. The molecule has 1 aromatic carbocycles. The lowest BCUT2D eigenvalue weighted by Gasteiger charge is -2.10. The maximum Gasteiger partial charge on any atom is 0.248 e. The molecule has 0 atom stereocenters. The molecule has 6 nitrogen and oxygen atoms in total. The van der Waals surface area contributed by atoms with Gasteiger partial charge in [0.25, 0.3) is 0 Å². The van der Waals surface area contributed by atoms with Crippen LogP contribution in [0.4, 0.5) is 11.4 Å². The summed E-state index contributed by atoms with van der Waals surface area (Å²) in [6.45, 7) is 1.83. The van der Waals surface area contributed by atoms with Crippen LogP contribution in [0.1, 0.15) is 17.3 Å². The maximum absolute atomic E-state index is 11.3. The summed E-state index contributed by atoms with van der Waals surface area (Å²) < 4.78 is 22.6. The van der Waals surface area contributed by atoms with Crippen LogP contribution in [0.3, 0.4) is 0 Å². The molecule has 18 heavy (non-hydrogen) atoms. The van der Waals surface area contributed by atoms with Gasteiger partial charge in [-0.05, 0) is 18.2 Å². The standard InChI is InChI=1S/C11H17N3O3S/c1-2-18(16,17)6-5-14-10-7-8(11(13)15)3-4-9(10)12/h3-4,7,14H,2,5-6,12H2,1H3,(H2,13,15). The summed E-state index contributed by atoms with van der Waals surface area (Å²) in [4.78, 5) is 11.0. The Morgan fingerprint density at radius 3 is 2.61 bits per heavy atom. The average Bonchev–Trinajstić information content (AvgIpc) is 2.31. The first-order valence-corrected chi connectivity index (χ1v) is 7.31. The molecular weight excluding hydrogens is 254 g/mol. The highest BCUT2D eigenvalue weighted by Crippen LogP contribution is 2.19. The third kappa shape index (κ3) is 3.92. The minimum absolute atomic E-state index is 0.0176. The largest absolute Gasteiger partial charge is 0.397 e. The fourth-order valence-electron chi connectivity index (χ4n) is 1.35. The van der Waals surface area contributed by atoms with E-state index in [9.17, 15) is 13.2 Å². The zero-order valence-electron chi connectivity index (χ0n) is 10.1. The van der Waals surface area contributed by atoms with E-state index in [2.05, 4.69) is 5.32 Å². The molecule has 0 unspecified atom stereocenters. The average molecular weight is 271 g/mol. The molecule has 0 fully saturated rings. The van der Waals surface area contributed by atoms with E-state index in [0.717, 1.165) is 0 Å². The number of nitrogens with two attached hydrogens (primary N) is 2. The van der Waals surface area contributed by atoms with Crippen LogP contribution in [0.5, 0.6) is 0 Å². The minimum Gasteiger partial charge on any atom is -0.397 e. The van der Waals surface area contributed by atoms with Crippen LogP contribution in [0.25, 0.3) is 0 Å². The third-order valence-electron chi connectivity index (χ3n) is 2.51. The Morgan fingerprint density at radius 1 is 1.39 bits per heavy atom. The first-order chi connectivity index (χ1) is 8.35. The molecule has 0 saturated carbocycles. The number of primary amides is 1. The normalized spacial score (nSPS) is 11.2. The van der Waals surface area contributed by atoms with Gasteiger partial charge in [-0.15, -0.1) is 0 Å². The molecular formula is C11H17N3O3S. The lowest BCUT2D eigenvalue weighted by molar-refractivity contribution is 0.100. The van der Waals surface area contributed by atoms with Gasteiger partial charge in [-0.2, -0.15) is 0 Å². The van der Waals surface area contributed by atoms with Crippen molar-refractivity contribution in [2.75, 3.05) is 29.1 Å². The number of benzene rings is 1. The summed E-state index contributed by atoms with van der Waals surface area (Å²) in [5, 5.41) is 2.89. The zero-order valence-corrected chi connectivity index (χ0v) is 11.0. The SMILES string of the molecule is CCS(=O)(=O)CCNc1cc(C(N)=O)ccc1N. The van der Waals surface area contributed by atoms with E-state index in [1.54, 1.807) is 13.0 Å². The Morgan fingerprint density at radius 2 is 2.06 bits per heavy atom. The summed E-state index contributed by atoms with van der Waals surface area (Å²) in [5.41, 5.74) is 12.1. The second-order valence-corrected chi connectivity index (χ2v) is 6.30. The van der Waals surface area contributed by atoms with Crippen molar-refractivity contribution >= 4 is 27.1 Å². The van der Waals surface area contributed by atoms with Crippen molar-refractivity contribution in [1.82, 2.24) is 0 Å². The predicted molar refractivity (Wildman–Crippen MR) is 72.2 cm³/mol. The molecule has 100 valence electrons. The zero-order chi connectivity index (χ0) is 13.8. The van der Waals surface area contributed by atoms with E-state index >= 15 is 0 Å². The highest BCUT2D eigenvalue weighted by molar-refractivity contribution is 7.91. The number of carbonyl (C=O) groups is 1. The van der Waals surface area contributed by atoms with Crippen molar-refractivity contribution in [1.29, 1.82) is 0 Å². The number of amides is 1. The van der Waals surface area contributed by atoms with E-state index in [1.807, 2.05) is 0 Å². The van der Waals surface area contributed by atoms with Crippen LogP contribution >= 0.6 is 0 Å². The molecule has 0 aliphatic carbocycles. The molecule has 1 rings (SSSR count). The second-order valence-electron chi connectivity index (χ2n) is 3.83. The molecule has 0 aliphatic rings. The monoisotopic (exact) mass is 271 g/mol. The molecule has 1 amide bonds. The Kier molecular flexibility index (Phi) is 4.55. The third-order valence-corrected chi connectivity index (χ3v) is 4.21. The highest BCUT2D eigenvalue weighted by atomic mass is 32.2. The fourth-order valence-corrected chi connectivity index (χ4v) is 2.05. The molecule has 5 N–H and O–H groups in total. The summed E-state index contributed by atoms with van der Waals surface area (Å²) in [5.74, 6) is -0.436. The fraction of sp³-hybridized carbons (Fsp3) is 0.364. The van der Waals surface area contributed by atoms with E-state index in [0.29, 0.717) is 16.9 Å². The quantitative estimate of drug-likeness (QED) is 0.640. The molecule has 0 spiro atoms. The van der Waals surface area contributed by atoms with Crippen molar-refractivity contribution in [2.24, 2.45) is 5.73 Å². The lowest BCUT2D eigenvalue weighted by Crippen LogP contribution is -2.18. The number of rotatable bonds is 6. The molecule has 1 aromatic rings. The Bertz CT molecular complexity index is 540. The first kappa shape index (κ1) is 14.3. The minimum atomic E-state index is -3.02. The van der Waals surface area contributed by atoms with Crippen molar-refractivity contribution in [2.45, 2.75) is 6.92 Å². The van der Waals surface area contributed by atoms with Crippen LogP contribution < -0.4 is 16.8 Å². The molecule has 0 radical (unpaired) electrons. The van der Waals surface area contributed by atoms with Crippen LogP contribution in [-0.2, 0) is 9.84 Å². The van der Waals surface area contributed by atoms with Crippen LogP contribution in [0, 0.1) is 0 Å². The van der Waals surface area contributed by atoms with Gasteiger partial charge in [-0.1, -0.05) is 6.92 Å². The van der Waals surface area contributed by atoms with Crippen molar-refractivity contribution in [3.05, 3.63) is 23.8 Å². The molecule has 0 saturated heterocycles. The highest BCUT2D eigenvalue weighted by Gasteiger charge is 2.08. The van der Waals surface area contributed by atoms with E-state index < -0.39 is 15.7 Å². The summed E-state index contributed by atoms with van der Waals surface area (Å²) >= 11 is 0. The van der Waals surface area contributed by atoms with E-state index in [4.69, 9.17) is 11.5 Å². The molecule has 0 bridgehead atoms. The second kappa shape index (κ2) is 5.72. The van der Waals surface area contributed by atoms with E-state index in [1.165, 1.54) is 12.1 Å². The van der Waals surface area contributed by atoms with Crippen LogP contribution in [0.15, 0.2) is 18.2 Å². The summed E-state index contributed by atoms with van der Waals surface area (Å²) in [6.07, 6.45) is 0. The number of anilines is 2. The topological polar surface area (TPSA) is 115 Å². The molecule has 0 heterocycles. The number of hydrogen-bond acceptors (Lipinski definition) is 5. The van der Waals surface area contributed by atoms with Crippen molar-refractivity contribution in [3.8, 4) is 0 Å². The maximum atomic E-state index is 11.3. The van der Waals surface area contributed by atoms with E-state index in [-0.39, 0.29) is 18.1 Å². The smallest absolute Gasteiger partial charge is 0.248 e. The Labute approximate surface area is 106 Å². The van der Waals surface area contributed by atoms with Crippen molar-refractivity contribution in [3.63, 3.8) is 0 Å². The van der Waals surface area contributed by atoms with Crippen molar-refractivity contribution < 1.29 is 13.2 Å². The van der Waals surface area contributed by atoms with Gasteiger partial charge in [0.2, 0.25) is 5.91 Å².